The first-order valence-electron chi connectivity index (χ1n) is 7.86. The van der Waals surface area contributed by atoms with Crippen molar-refractivity contribution in [3.8, 4) is 11.1 Å². The van der Waals surface area contributed by atoms with Gasteiger partial charge in [-0.25, -0.2) is 0 Å². The summed E-state index contributed by atoms with van der Waals surface area (Å²) < 4.78 is 0. The Bertz CT molecular complexity index is 820. The minimum atomic E-state index is -0.461. The molecule has 0 unspecified atom stereocenters. The first-order chi connectivity index (χ1) is 11.6. The Morgan fingerprint density at radius 1 is 1.04 bits per heavy atom. The van der Waals surface area contributed by atoms with Gasteiger partial charge in [-0.2, -0.15) is 0 Å². The summed E-state index contributed by atoms with van der Waals surface area (Å²) in [5.41, 5.74) is 2.99. The minimum absolute atomic E-state index is 0.106. The Kier molecular flexibility index (Phi) is 3.75. The molecule has 2 aromatic rings. The van der Waals surface area contributed by atoms with Crippen LogP contribution in [-0.4, -0.2) is 42.4 Å². The van der Waals surface area contributed by atoms with E-state index in [9.17, 15) is 9.59 Å². The highest BCUT2D eigenvalue weighted by Crippen LogP contribution is 2.30. The summed E-state index contributed by atoms with van der Waals surface area (Å²) in [7, 11) is 0. The van der Waals surface area contributed by atoms with Crippen molar-refractivity contribution in [2.24, 2.45) is 0 Å². The highest BCUT2D eigenvalue weighted by Gasteiger charge is 2.36. The Morgan fingerprint density at radius 2 is 1.79 bits per heavy atom. The van der Waals surface area contributed by atoms with Crippen molar-refractivity contribution in [3.05, 3.63) is 53.1 Å². The number of hydrogen-bond donors (Lipinski definition) is 2. The van der Waals surface area contributed by atoms with Gasteiger partial charge in [-0.05, 0) is 35.4 Å². The fourth-order valence-corrected chi connectivity index (χ4v) is 3.33. The number of fused-ring (bicyclic) bond motifs is 2. The Labute approximate surface area is 144 Å². The number of carbonyl (C=O) groups excluding carboxylic acids is 2. The molecule has 2 aliphatic rings. The lowest BCUT2D eigenvalue weighted by molar-refractivity contribution is -0.120. The molecule has 1 fully saturated rings. The van der Waals surface area contributed by atoms with E-state index >= 15 is 0 Å². The van der Waals surface area contributed by atoms with E-state index in [1.807, 2.05) is 36.4 Å². The van der Waals surface area contributed by atoms with Crippen LogP contribution < -0.4 is 10.6 Å². The molecule has 0 radical (unpaired) electrons. The van der Waals surface area contributed by atoms with Gasteiger partial charge in [0, 0.05) is 24.7 Å². The predicted molar refractivity (Wildman–Crippen MR) is 93.2 cm³/mol. The molecule has 2 aliphatic heterocycles. The van der Waals surface area contributed by atoms with E-state index in [1.165, 1.54) is 0 Å². The number of rotatable bonds is 1. The van der Waals surface area contributed by atoms with Gasteiger partial charge >= 0.3 is 0 Å². The number of amides is 2. The van der Waals surface area contributed by atoms with E-state index in [0.717, 1.165) is 11.1 Å². The second-order valence-corrected chi connectivity index (χ2v) is 6.41. The van der Waals surface area contributed by atoms with Gasteiger partial charge in [0.2, 0.25) is 5.91 Å². The van der Waals surface area contributed by atoms with Gasteiger partial charge in [-0.1, -0.05) is 29.8 Å². The number of nitrogens with one attached hydrogen (secondary N) is 2. The largest absolute Gasteiger partial charge is 0.324 e. The molecule has 2 aromatic carbocycles. The first-order valence-corrected chi connectivity index (χ1v) is 8.24. The molecular weight excluding hydrogens is 326 g/mol. The molecule has 122 valence electrons. The molecule has 0 spiro atoms. The Balaban J connectivity index is 1.77. The van der Waals surface area contributed by atoms with Crippen LogP contribution in [0.2, 0.25) is 5.02 Å². The monoisotopic (exact) mass is 341 g/mol. The highest BCUT2D eigenvalue weighted by molar-refractivity contribution is 6.30. The van der Waals surface area contributed by atoms with Crippen LogP contribution in [0.3, 0.4) is 0 Å². The van der Waals surface area contributed by atoms with Crippen LogP contribution >= 0.6 is 11.6 Å². The van der Waals surface area contributed by atoms with Crippen molar-refractivity contribution in [2.45, 2.75) is 6.04 Å². The fourth-order valence-electron chi connectivity index (χ4n) is 3.20. The van der Waals surface area contributed by atoms with Crippen molar-refractivity contribution >= 4 is 29.1 Å². The summed E-state index contributed by atoms with van der Waals surface area (Å²) in [5, 5.41) is 6.71. The van der Waals surface area contributed by atoms with Gasteiger partial charge in [-0.3, -0.25) is 9.59 Å². The molecule has 2 amide bonds. The molecule has 6 heteroatoms. The average molecular weight is 342 g/mol. The number of benzene rings is 2. The van der Waals surface area contributed by atoms with Crippen molar-refractivity contribution < 1.29 is 9.59 Å². The lowest BCUT2D eigenvalue weighted by atomic mass is 10.0. The second-order valence-electron chi connectivity index (χ2n) is 5.97. The first kappa shape index (κ1) is 15.2. The summed E-state index contributed by atoms with van der Waals surface area (Å²) in [6, 6.07) is 12.5. The van der Waals surface area contributed by atoms with Gasteiger partial charge in [0.25, 0.3) is 5.91 Å². The summed E-state index contributed by atoms with van der Waals surface area (Å²) in [4.78, 5) is 27.0. The van der Waals surface area contributed by atoms with E-state index < -0.39 is 6.04 Å². The zero-order valence-electron chi connectivity index (χ0n) is 12.9. The summed E-state index contributed by atoms with van der Waals surface area (Å²) >= 11 is 5.94. The predicted octanol–water partition coefficient (Wildman–Crippen LogP) is 2.37. The molecule has 2 heterocycles. The smallest absolute Gasteiger partial charge is 0.256 e. The number of halogens is 1. The lowest BCUT2D eigenvalue weighted by Gasteiger charge is -2.33. The van der Waals surface area contributed by atoms with Crippen LogP contribution in [0.15, 0.2) is 42.5 Å². The van der Waals surface area contributed by atoms with Gasteiger partial charge in [0.1, 0.15) is 6.04 Å². The fraction of sp³-hybridized carbons (Fsp3) is 0.222. The highest BCUT2D eigenvalue weighted by atomic mass is 35.5. The number of nitrogens with zero attached hydrogens (tertiary/aromatic N) is 1. The standard InChI is InChI=1S/C18H16ClN3O2/c19-13-4-1-11(2-5-13)12-3-6-15-14(9-12)18(24)22-8-7-20-10-16(22)17(23)21-15/h1-6,9,16,20H,7-8,10H2,(H,21,23)/t16-/m0/s1. The molecule has 0 aromatic heterocycles. The van der Waals surface area contributed by atoms with E-state index in [4.69, 9.17) is 11.6 Å². The van der Waals surface area contributed by atoms with E-state index in [2.05, 4.69) is 10.6 Å². The number of carbonyl (C=O) groups is 2. The van der Waals surface area contributed by atoms with Crippen LogP contribution in [0.25, 0.3) is 11.1 Å². The van der Waals surface area contributed by atoms with Crippen molar-refractivity contribution in [3.63, 3.8) is 0 Å². The van der Waals surface area contributed by atoms with Crippen LogP contribution in [0.5, 0.6) is 0 Å². The van der Waals surface area contributed by atoms with Crippen molar-refractivity contribution in [2.75, 3.05) is 25.0 Å². The maximum absolute atomic E-state index is 12.9. The molecular formula is C18H16ClN3O2. The van der Waals surface area contributed by atoms with Crippen LogP contribution in [0.4, 0.5) is 5.69 Å². The SMILES string of the molecule is O=C1Nc2ccc(-c3ccc(Cl)cc3)cc2C(=O)N2CCNC[C@@H]12. The summed E-state index contributed by atoms with van der Waals surface area (Å²) in [5.74, 6) is -0.251. The second kappa shape index (κ2) is 5.92. The van der Waals surface area contributed by atoms with Crippen LogP contribution in [0, 0.1) is 0 Å². The van der Waals surface area contributed by atoms with Crippen LogP contribution in [-0.2, 0) is 4.79 Å². The van der Waals surface area contributed by atoms with E-state index in [0.29, 0.717) is 35.9 Å². The number of hydrogen-bond acceptors (Lipinski definition) is 3. The molecule has 1 saturated heterocycles. The molecule has 2 N–H and O–H groups in total. The molecule has 0 bridgehead atoms. The topological polar surface area (TPSA) is 61.4 Å². The van der Waals surface area contributed by atoms with E-state index in [-0.39, 0.29) is 11.8 Å². The van der Waals surface area contributed by atoms with Crippen molar-refractivity contribution in [1.82, 2.24) is 10.2 Å². The van der Waals surface area contributed by atoms with Gasteiger partial charge in [-0.15, -0.1) is 0 Å². The normalized spacial score (nSPS) is 20.0. The third kappa shape index (κ3) is 2.56. The molecule has 0 saturated carbocycles. The molecule has 1 atom stereocenters. The lowest BCUT2D eigenvalue weighted by Crippen LogP contribution is -2.57. The van der Waals surface area contributed by atoms with Gasteiger partial charge < -0.3 is 15.5 Å². The van der Waals surface area contributed by atoms with Gasteiger partial charge in [0.05, 0.1) is 11.3 Å². The third-order valence-corrected chi connectivity index (χ3v) is 4.74. The van der Waals surface area contributed by atoms with Crippen molar-refractivity contribution in [1.29, 1.82) is 0 Å². The molecule has 5 nitrogen and oxygen atoms in total. The summed E-state index contributed by atoms with van der Waals surface area (Å²) in [6.45, 7) is 1.71. The number of piperazine rings is 1. The van der Waals surface area contributed by atoms with E-state index in [1.54, 1.807) is 11.0 Å². The zero-order chi connectivity index (χ0) is 16.7. The minimum Gasteiger partial charge on any atom is -0.324 e. The quantitative estimate of drug-likeness (QED) is 0.837. The maximum atomic E-state index is 12.9. The number of anilines is 1. The summed E-state index contributed by atoms with van der Waals surface area (Å²) in [6.07, 6.45) is 0. The molecule has 4 rings (SSSR count). The average Bonchev–Trinajstić information content (AvgIpc) is 2.71. The Hall–Kier alpha value is -2.37. The Morgan fingerprint density at radius 3 is 2.58 bits per heavy atom. The van der Waals surface area contributed by atoms with Crippen LogP contribution in [0.1, 0.15) is 10.4 Å². The molecule has 24 heavy (non-hydrogen) atoms. The zero-order valence-corrected chi connectivity index (χ0v) is 13.6. The third-order valence-electron chi connectivity index (χ3n) is 4.49. The maximum Gasteiger partial charge on any atom is 0.256 e. The van der Waals surface area contributed by atoms with Gasteiger partial charge in [0.15, 0.2) is 0 Å². The molecule has 0 aliphatic carbocycles.